The number of furan rings is 1. The highest BCUT2D eigenvalue weighted by Gasteiger charge is 2.15. The number of aromatic nitrogens is 1. The second kappa shape index (κ2) is 12.2. The third kappa shape index (κ3) is 7.56. The maximum atomic E-state index is 12.3. The molecule has 0 unspecified atom stereocenters. The predicted molar refractivity (Wildman–Crippen MR) is 128 cm³/mol. The maximum Gasteiger partial charge on any atom is 0.224 e. The van der Waals surface area contributed by atoms with Crippen LogP contribution in [0.15, 0.2) is 45.4 Å². The van der Waals surface area contributed by atoms with Gasteiger partial charge in [-0.1, -0.05) is 11.8 Å². The minimum Gasteiger partial charge on any atom is -0.467 e. The third-order valence-electron chi connectivity index (χ3n) is 4.98. The van der Waals surface area contributed by atoms with Gasteiger partial charge in [-0.05, 0) is 43.2 Å². The fraction of sp³-hybridized carbons (Fsp3) is 0.435. The molecule has 33 heavy (non-hydrogen) atoms. The lowest BCUT2D eigenvalue weighted by molar-refractivity contribution is -0.178. The first-order chi connectivity index (χ1) is 16.2. The smallest absolute Gasteiger partial charge is 0.224 e. The Morgan fingerprint density at radius 3 is 2.82 bits per heavy atom. The quantitative estimate of drug-likeness (QED) is 0.381. The van der Waals surface area contributed by atoms with E-state index in [1.165, 1.54) is 0 Å². The van der Waals surface area contributed by atoms with Crippen molar-refractivity contribution in [3.8, 4) is 0 Å². The lowest BCUT2D eigenvalue weighted by Crippen LogP contribution is -2.25. The zero-order valence-corrected chi connectivity index (χ0v) is 19.8. The second-order valence-corrected chi connectivity index (χ2v) is 9.95. The van der Waals surface area contributed by atoms with Gasteiger partial charge in [-0.2, -0.15) is 0 Å². The number of nitrogens with zero attached hydrogens (tertiary/aromatic N) is 1. The highest BCUT2D eigenvalue weighted by Crippen LogP contribution is 2.32. The predicted octanol–water partition coefficient (Wildman–Crippen LogP) is 4.56. The molecule has 0 bridgehead atoms. The summed E-state index contributed by atoms with van der Waals surface area (Å²) in [4.78, 5) is 28.8. The van der Waals surface area contributed by atoms with E-state index in [9.17, 15) is 9.59 Å². The van der Waals surface area contributed by atoms with E-state index >= 15 is 0 Å². The van der Waals surface area contributed by atoms with Crippen molar-refractivity contribution in [3.63, 3.8) is 0 Å². The third-order valence-corrected chi connectivity index (χ3v) is 7.17. The number of hydrogen-bond donors (Lipinski definition) is 2. The Morgan fingerprint density at radius 1 is 1.15 bits per heavy atom. The number of nitrogens with one attached hydrogen (secondary N) is 2. The van der Waals surface area contributed by atoms with Crippen LogP contribution in [0.1, 0.15) is 37.9 Å². The molecule has 4 rings (SSSR count). The Labute approximate surface area is 200 Å². The van der Waals surface area contributed by atoms with Gasteiger partial charge in [0.25, 0.3) is 0 Å². The number of hydrogen-bond acceptors (Lipinski definition) is 8. The van der Waals surface area contributed by atoms with Gasteiger partial charge in [-0.25, -0.2) is 4.98 Å². The molecule has 1 saturated heterocycles. The molecule has 0 saturated carbocycles. The van der Waals surface area contributed by atoms with Crippen LogP contribution in [0.2, 0.25) is 0 Å². The molecule has 8 nitrogen and oxygen atoms in total. The van der Waals surface area contributed by atoms with Crippen molar-refractivity contribution in [1.29, 1.82) is 0 Å². The Balaban J connectivity index is 1.18. The normalized spacial score (nSPS) is 14.4. The van der Waals surface area contributed by atoms with E-state index in [2.05, 4.69) is 15.6 Å². The Bertz CT molecular complexity index is 1050. The zero-order valence-electron chi connectivity index (χ0n) is 18.2. The number of fused-ring (bicyclic) bond motifs is 1. The Morgan fingerprint density at radius 2 is 2.00 bits per heavy atom. The Hall–Kier alpha value is -2.40. The molecule has 0 spiro atoms. The zero-order chi connectivity index (χ0) is 22.9. The number of thioether (sulfide) groups is 1. The summed E-state index contributed by atoms with van der Waals surface area (Å²) in [6, 6.07) is 9.29. The fourth-order valence-corrected chi connectivity index (χ4v) is 5.45. The molecular formula is C23H27N3O5S2. The largest absolute Gasteiger partial charge is 0.467 e. The van der Waals surface area contributed by atoms with Crippen LogP contribution in [0.3, 0.4) is 0 Å². The number of rotatable bonds is 11. The lowest BCUT2D eigenvalue weighted by Gasteiger charge is -2.22. The van der Waals surface area contributed by atoms with Crippen molar-refractivity contribution < 1.29 is 23.5 Å². The van der Waals surface area contributed by atoms with Crippen molar-refractivity contribution in [1.82, 2.24) is 10.3 Å². The van der Waals surface area contributed by atoms with Crippen molar-refractivity contribution in [2.45, 2.75) is 49.3 Å². The summed E-state index contributed by atoms with van der Waals surface area (Å²) in [6.07, 6.45) is 4.31. The van der Waals surface area contributed by atoms with Crippen molar-refractivity contribution in [2.75, 3.05) is 24.3 Å². The first-order valence-corrected chi connectivity index (χ1v) is 12.8. The van der Waals surface area contributed by atoms with Gasteiger partial charge in [0.2, 0.25) is 11.8 Å². The molecule has 2 aromatic heterocycles. The van der Waals surface area contributed by atoms with Crippen molar-refractivity contribution in [2.24, 2.45) is 0 Å². The summed E-state index contributed by atoms with van der Waals surface area (Å²) in [5.74, 6) is 1.37. The minimum atomic E-state index is -0.111. The molecule has 3 aromatic rings. The van der Waals surface area contributed by atoms with Crippen LogP contribution in [0, 0.1) is 0 Å². The summed E-state index contributed by atoms with van der Waals surface area (Å²) in [5.41, 5.74) is 1.65. The molecule has 0 aliphatic carbocycles. The highest BCUT2D eigenvalue weighted by atomic mass is 32.2. The van der Waals surface area contributed by atoms with Crippen molar-refractivity contribution >= 4 is 50.8 Å². The van der Waals surface area contributed by atoms with Gasteiger partial charge in [0.15, 0.2) is 10.6 Å². The molecule has 1 aromatic carbocycles. The molecule has 176 valence electrons. The van der Waals surface area contributed by atoms with E-state index in [4.69, 9.17) is 13.9 Å². The number of thiazole rings is 1. The molecule has 3 heterocycles. The molecule has 1 fully saturated rings. The first kappa shape index (κ1) is 23.7. The number of ether oxygens (including phenoxy) is 2. The van der Waals surface area contributed by atoms with Crippen LogP contribution in [0.5, 0.6) is 0 Å². The highest BCUT2D eigenvalue weighted by molar-refractivity contribution is 8.01. The van der Waals surface area contributed by atoms with E-state index in [0.717, 1.165) is 52.1 Å². The summed E-state index contributed by atoms with van der Waals surface area (Å²) in [5, 5.41) is 5.69. The number of carbonyl (C=O) groups excluding carboxylic acids is 2. The summed E-state index contributed by atoms with van der Waals surface area (Å²) in [6.45, 7) is 1.89. The van der Waals surface area contributed by atoms with Crippen LogP contribution in [-0.4, -0.2) is 42.1 Å². The van der Waals surface area contributed by atoms with Gasteiger partial charge in [-0.15, -0.1) is 11.3 Å². The maximum absolute atomic E-state index is 12.3. The SMILES string of the molecule is O=C(CCCC(=O)Nc1ccc2nc(SCCC3OCCCO3)sc2c1)NCc1ccco1. The standard InChI is InChI=1S/C23H27N3O5S2/c27-20(24-15-17-4-2-10-29-17)5-1-6-21(28)25-16-7-8-18-19(14-16)33-23(26-18)32-13-9-22-30-11-3-12-31-22/h2,4,7-8,10,14,22H,1,3,5-6,9,11-13,15H2,(H,24,27)(H,25,28). The van der Waals surface area contributed by atoms with Gasteiger partial charge < -0.3 is 24.5 Å². The topological polar surface area (TPSA) is 103 Å². The number of benzene rings is 1. The molecular weight excluding hydrogens is 462 g/mol. The first-order valence-electron chi connectivity index (χ1n) is 11.0. The minimum absolute atomic E-state index is 0.100. The average Bonchev–Trinajstić information content (AvgIpc) is 3.48. The summed E-state index contributed by atoms with van der Waals surface area (Å²) < 4.78 is 18.3. The van der Waals surface area contributed by atoms with E-state index in [-0.39, 0.29) is 24.5 Å². The van der Waals surface area contributed by atoms with Crippen LogP contribution in [0.25, 0.3) is 10.2 Å². The number of anilines is 1. The second-order valence-electron chi connectivity index (χ2n) is 7.58. The number of amides is 2. The van der Waals surface area contributed by atoms with Crippen LogP contribution < -0.4 is 10.6 Å². The summed E-state index contributed by atoms with van der Waals surface area (Å²) >= 11 is 3.30. The van der Waals surface area contributed by atoms with Crippen molar-refractivity contribution in [3.05, 3.63) is 42.4 Å². The van der Waals surface area contributed by atoms with Crippen LogP contribution in [-0.2, 0) is 25.6 Å². The lowest BCUT2D eigenvalue weighted by atomic mass is 10.2. The van der Waals surface area contributed by atoms with Gasteiger partial charge >= 0.3 is 0 Å². The monoisotopic (exact) mass is 489 g/mol. The van der Waals surface area contributed by atoms with Crippen LogP contribution >= 0.6 is 23.1 Å². The van der Waals surface area contributed by atoms with Gasteiger partial charge in [0.1, 0.15) is 5.76 Å². The van der Waals surface area contributed by atoms with Gasteiger partial charge in [-0.3, -0.25) is 9.59 Å². The molecule has 1 aliphatic heterocycles. The molecule has 0 radical (unpaired) electrons. The molecule has 10 heteroatoms. The molecule has 1 aliphatic rings. The fourth-order valence-electron chi connectivity index (χ4n) is 3.31. The molecule has 2 N–H and O–H groups in total. The molecule has 0 atom stereocenters. The number of carbonyl (C=O) groups is 2. The van der Waals surface area contributed by atoms with Gasteiger partial charge in [0, 0.05) is 30.7 Å². The average molecular weight is 490 g/mol. The van der Waals surface area contributed by atoms with E-state index < -0.39 is 0 Å². The molecule has 2 amide bonds. The van der Waals surface area contributed by atoms with E-state index in [0.29, 0.717) is 25.1 Å². The van der Waals surface area contributed by atoms with Gasteiger partial charge in [0.05, 0.1) is 36.2 Å². The van der Waals surface area contributed by atoms with E-state index in [1.807, 2.05) is 18.2 Å². The Kier molecular flexibility index (Phi) is 8.76. The summed E-state index contributed by atoms with van der Waals surface area (Å²) in [7, 11) is 0. The van der Waals surface area contributed by atoms with E-state index in [1.54, 1.807) is 41.5 Å². The van der Waals surface area contributed by atoms with Crippen LogP contribution in [0.4, 0.5) is 5.69 Å².